The Bertz CT molecular complexity index is 692. The van der Waals surface area contributed by atoms with E-state index in [1.165, 1.54) is 0 Å². The van der Waals surface area contributed by atoms with Gasteiger partial charge in [-0.05, 0) is 41.1 Å². The number of nitrogens with zero attached hydrogens (tertiary/aromatic N) is 1. The molecule has 3 N–H and O–H groups in total. The summed E-state index contributed by atoms with van der Waals surface area (Å²) in [5, 5.41) is 2.42. The number of amides is 1. The van der Waals surface area contributed by atoms with Crippen LogP contribution in [0.2, 0.25) is 0 Å². The first-order valence-corrected chi connectivity index (χ1v) is 6.37. The van der Waals surface area contributed by atoms with Crippen molar-refractivity contribution in [2.24, 2.45) is 0 Å². The molecule has 0 spiro atoms. The molecule has 7 heteroatoms. The highest BCUT2D eigenvalue weighted by atomic mass is 79.9. The quantitative estimate of drug-likeness (QED) is 0.823. The fourth-order valence-electron chi connectivity index (χ4n) is 1.54. The Hall–Kier alpha value is -2.02. The highest BCUT2D eigenvalue weighted by Crippen LogP contribution is 2.19. The topological polar surface area (TPSA) is 68.0 Å². The van der Waals surface area contributed by atoms with E-state index >= 15 is 0 Å². The highest BCUT2D eigenvalue weighted by molar-refractivity contribution is 9.10. The fourth-order valence-corrected chi connectivity index (χ4v) is 1.76. The fraction of sp³-hybridized carbons (Fsp3) is 0.0769. The lowest BCUT2D eigenvalue weighted by Crippen LogP contribution is -2.15. The predicted octanol–water partition coefficient (Wildman–Crippen LogP) is 3.27. The van der Waals surface area contributed by atoms with E-state index in [2.05, 4.69) is 26.2 Å². The molecule has 0 aliphatic carbocycles. The molecule has 0 radical (unpaired) electrons. The van der Waals surface area contributed by atoms with Crippen LogP contribution in [0, 0.1) is 18.6 Å². The van der Waals surface area contributed by atoms with Gasteiger partial charge in [-0.3, -0.25) is 4.79 Å². The molecule has 0 aliphatic rings. The molecule has 20 heavy (non-hydrogen) atoms. The molecule has 4 nitrogen and oxygen atoms in total. The van der Waals surface area contributed by atoms with Crippen LogP contribution >= 0.6 is 15.9 Å². The molecule has 0 saturated carbocycles. The van der Waals surface area contributed by atoms with Crippen molar-refractivity contribution in [2.75, 3.05) is 11.1 Å². The first-order valence-electron chi connectivity index (χ1n) is 5.57. The minimum atomic E-state index is -0.983. The molecule has 2 aromatic rings. The summed E-state index contributed by atoms with van der Waals surface area (Å²) in [4.78, 5) is 16.0. The zero-order valence-corrected chi connectivity index (χ0v) is 12.0. The number of nitrogen functional groups attached to an aromatic ring is 1. The van der Waals surface area contributed by atoms with Gasteiger partial charge in [0.2, 0.25) is 0 Å². The molecule has 1 aromatic carbocycles. The van der Waals surface area contributed by atoms with Gasteiger partial charge in [-0.15, -0.1) is 0 Å². The predicted molar refractivity (Wildman–Crippen MR) is 75.4 cm³/mol. The second-order valence-corrected chi connectivity index (χ2v) is 4.93. The van der Waals surface area contributed by atoms with Crippen molar-refractivity contribution in [1.29, 1.82) is 0 Å². The SMILES string of the molecule is Cc1nc(NC(=O)c2cc(N)c(F)cc2F)ccc1Br. The summed E-state index contributed by atoms with van der Waals surface area (Å²) in [6, 6.07) is 4.78. The van der Waals surface area contributed by atoms with Crippen molar-refractivity contribution in [1.82, 2.24) is 4.98 Å². The zero-order valence-electron chi connectivity index (χ0n) is 10.4. The minimum absolute atomic E-state index is 0.262. The molecule has 0 bridgehead atoms. The van der Waals surface area contributed by atoms with Gasteiger partial charge in [0.15, 0.2) is 0 Å². The van der Waals surface area contributed by atoms with Gasteiger partial charge < -0.3 is 11.1 Å². The highest BCUT2D eigenvalue weighted by Gasteiger charge is 2.15. The maximum absolute atomic E-state index is 13.5. The summed E-state index contributed by atoms with van der Waals surface area (Å²) in [6.07, 6.45) is 0. The van der Waals surface area contributed by atoms with Crippen LogP contribution in [0.4, 0.5) is 20.3 Å². The van der Waals surface area contributed by atoms with Crippen molar-refractivity contribution in [3.63, 3.8) is 0 Å². The normalized spacial score (nSPS) is 10.4. The van der Waals surface area contributed by atoms with Crippen LogP contribution in [0.3, 0.4) is 0 Å². The number of aromatic nitrogens is 1. The number of hydrogen-bond acceptors (Lipinski definition) is 3. The third kappa shape index (κ3) is 2.93. The molecule has 0 atom stereocenters. The Labute approximate surface area is 122 Å². The third-order valence-corrected chi connectivity index (χ3v) is 3.43. The van der Waals surface area contributed by atoms with E-state index in [0.29, 0.717) is 11.8 Å². The largest absolute Gasteiger partial charge is 0.396 e. The number of anilines is 2. The van der Waals surface area contributed by atoms with Gasteiger partial charge in [-0.2, -0.15) is 0 Å². The van der Waals surface area contributed by atoms with Gasteiger partial charge in [0, 0.05) is 10.5 Å². The number of halogens is 3. The lowest BCUT2D eigenvalue weighted by atomic mass is 10.1. The Balaban J connectivity index is 2.28. The molecule has 0 saturated heterocycles. The number of nitrogens with two attached hydrogens (primary N) is 1. The first kappa shape index (κ1) is 14.4. The molecular weight excluding hydrogens is 332 g/mol. The van der Waals surface area contributed by atoms with Crippen LogP contribution in [0.15, 0.2) is 28.7 Å². The number of nitrogens with one attached hydrogen (secondary N) is 1. The second-order valence-electron chi connectivity index (χ2n) is 4.07. The number of carbonyl (C=O) groups is 1. The van der Waals surface area contributed by atoms with Gasteiger partial charge >= 0.3 is 0 Å². The molecule has 1 heterocycles. The monoisotopic (exact) mass is 341 g/mol. The Morgan fingerprint density at radius 1 is 1.30 bits per heavy atom. The zero-order chi connectivity index (χ0) is 14.9. The maximum atomic E-state index is 13.5. The van der Waals surface area contributed by atoms with E-state index in [1.807, 2.05) is 0 Å². The molecule has 0 fully saturated rings. The van der Waals surface area contributed by atoms with Gasteiger partial charge in [-0.25, -0.2) is 13.8 Å². The van der Waals surface area contributed by atoms with Crippen LogP contribution < -0.4 is 11.1 Å². The lowest BCUT2D eigenvalue weighted by Gasteiger charge is -2.08. The number of carbonyl (C=O) groups excluding carboxylic acids is 1. The number of rotatable bonds is 2. The number of pyridine rings is 1. The summed E-state index contributed by atoms with van der Waals surface area (Å²) in [7, 11) is 0. The average Bonchev–Trinajstić information content (AvgIpc) is 2.38. The van der Waals surface area contributed by atoms with Gasteiger partial charge in [0.25, 0.3) is 5.91 Å². The van der Waals surface area contributed by atoms with Crippen LogP contribution in [0.5, 0.6) is 0 Å². The standard InChI is InChI=1S/C13H10BrF2N3O/c1-6-8(14)2-3-12(18-6)19-13(20)7-4-11(17)10(16)5-9(7)15/h2-5H,17H2,1H3,(H,18,19,20). The first-order chi connectivity index (χ1) is 9.38. The minimum Gasteiger partial charge on any atom is -0.396 e. The third-order valence-electron chi connectivity index (χ3n) is 2.59. The number of hydrogen-bond donors (Lipinski definition) is 2. The van der Waals surface area contributed by atoms with E-state index in [4.69, 9.17) is 5.73 Å². The van der Waals surface area contributed by atoms with Crippen LogP contribution in [0.1, 0.15) is 16.1 Å². The van der Waals surface area contributed by atoms with E-state index < -0.39 is 17.5 Å². The van der Waals surface area contributed by atoms with Gasteiger partial charge in [0.1, 0.15) is 17.5 Å². The van der Waals surface area contributed by atoms with Crippen molar-refractivity contribution < 1.29 is 13.6 Å². The van der Waals surface area contributed by atoms with Crippen molar-refractivity contribution in [3.05, 3.63) is 51.6 Å². The maximum Gasteiger partial charge on any atom is 0.259 e. The van der Waals surface area contributed by atoms with Crippen LogP contribution in [0.25, 0.3) is 0 Å². The van der Waals surface area contributed by atoms with Crippen molar-refractivity contribution in [2.45, 2.75) is 6.92 Å². The summed E-state index contributed by atoms with van der Waals surface area (Å²) >= 11 is 3.28. The smallest absolute Gasteiger partial charge is 0.259 e. The average molecular weight is 342 g/mol. The summed E-state index contributed by atoms with van der Waals surface area (Å²) in [5.74, 6) is -2.37. The molecule has 1 aromatic heterocycles. The van der Waals surface area contributed by atoms with Crippen molar-refractivity contribution >= 4 is 33.3 Å². The van der Waals surface area contributed by atoms with Crippen molar-refractivity contribution in [3.8, 4) is 0 Å². The summed E-state index contributed by atoms with van der Waals surface area (Å²) in [5.41, 5.74) is 5.35. The van der Waals surface area contributed by atoms with Gasteiger partial charge in [-0.1, -0.05) is 0 Å². The van der Waals surface area contributed by atoms with E-state index in [-0.39, 0.29) is 17.1 Å². The summed E-state index contributed by atoms with van der Waals surface area (Å²) in [6.45, 7) is 1.75. The Kier molecular flexibility index (Phi) is 3.99. The molecule has 2 rings (SSSR count). The molecular formula is C13H10BrF2N3O. The second kappa shape index (κ2) is 5.54. The number of aryl methyl sites for hydroxylation is 1. The number of benzene rings is 1. The van der Waals surface area contributed by atoms with Crippen LogP contribution in [-0.4, -0.2) is 10.9 Å². The molecule has 1 amide bonds. The molecule has 0 aliphatic heterocycles. The molecule has 104 valence electrons. The lowest BCUT2D eigenvalue weighted by molar-refractivity contribution is 0.102. The van der Waals surface area contributed by atoms with Gasteiger partial charge in [0.05, 0.1) is 16.9 Å². The Morgan fingerprint density at radius 2 is 2.00 bits per heavy atom. The van der Waals surface area contributed by atoms with Crippen LogP contribution in [-0.2, 0) is 0 Å². The van der Waals surface area contributed by atoms with E-state index in [1.54, 1.807) is 19.1 Å². The van der Waals surface area contributed by atoms with E-state index in [9.17, 15) is 13.6 Å². The Morgan fingerprint density at radius 3 is 2.65 bits per heavy atom. The summed E-state index contributed by atoms with van der Waals surface area (Å²) < 4.78 is 27.4. The van der Waals surface area contributed by atoms with E-state index in [0.717, 1.165) is 10.5 Å². The molecule has 0 unspecified atom stereocenters.